The molecule has 32 heavy (non-hydrogen) atoms. The fourth-order valence-corrected chi connectivity index (χ4v) is 4.56. The maximum atomic E-state index is 13.3. The van der Waals surface area contributed by atoms with Crippen molar-refractivity contribution in [2.45, 2.75) is 52.5 Å². The van der Waals surface area contributed by atoms with E-state index in [4.69, 9.17) is 4.98 Å². The second kappa shape index (κ2) is 8.94. The number of likely N-dealkylation sites (tertiary alicyclic amines) is 1. The lowest BCUT2D eigenvalue weighted by molar-refractivity contribution is -0.120. The van der Waals surface area contributed by atoms with Crippen molar-refractivity contribution in [1.82, 2.24) is 25.0 Å². The van der Waals surface area contributed by atoms with Crippen LogP contribution in [0.4, 0.5) is 0 Å². The molecular formula is C24H32N6O2. The zero-order valence-electron chi connectivity index (χ0n) is 19.6. The molecule has 4 heterocycles. The first-order valence-electron chi connectivity index (χ1n) is 11.4. The molecule has 2 amide bonds. The molecule has 2 aliphatic heterocycles. The number of piperidine rings is 1. The highest BCUT2D eigenvalue weighted by molar-refractivity contribution is 6.07. The van der Waals surface area contributed by atoms with Crippen LogP contribution in [0.5, 0.6) is 0 Å². The van der Waals surface area contributed by atoms with Gasteiger partial charge in [0.25, 0.3) is 11.8 Å². The molecule has 2 aliphatic rings. The van der Waals surface area contributed by atoms with Gasteiger partial charge in [0.2, 0.25) is 0 Å². The smallest absolute Gasteiger partial charge is 0.254 e. The summed E-state index contributed by atoms with van der Waals surface area (Å²) in [6.07, 6.45) is 5.65. The molecule has 0 spiro atoms. The fourth-order valence-electron chi connectivity index (χ4n) is 4.56. The van der Waals surface area contributed by atoms with Crippen LogP contribution in [-0.4, -0.2) is 63.9 Å². The summed E-state index contributed by atoms with van der Waals surface area (Å²) in [6, 6.07) is 2.06. The quantitative estimate of drug-likeness (QED) is 0.777. The molecule has 0 radical (unpaired) electrons. The summed E-state index contributed by atoms with van der Waals surface area (Å²) in [7, 11) is 2.13. The highest BCUT2D eigenvalue weighted by Crippen LogP contribution is 2.30. The minimum absolute atomic E-state index is 0.136. The molecule has 0 aliphatic carbocycles. The molecule has 1 fully saturated rings. The van der Waals surface area contributed by atoms with Crippen molar-refractivity contribution in [3.63, 3.8) is 0 Å². The van der Waals surface area contributed by atoms with Crippen LogP contribution in [0.1, 0.15) is 68.5 Å². The highest BCUT2D eigenvalue weighted by Gasteiger charge is 2.27. The number of aliphatic imine (C=N–C) groups is 1. The Morgan fingerprint density at radius 3 is 2.62 bits per heavy atom. The number of allylic oxidation sites excluding steroid dienone is 1. The predicted octanol–water partition coefficient (Wildman–Crippen LogP) is 3.11. The lowest BCUT2D eigenvalue weighted by Gasteiger charge is -2.28. The van der Waals surface area contributed by atoms with Crippen LogP contribution in [0.3, 0.4) is 0 Å². The Morgan fingerprint density at radius 1 is 1.25 bits per heavy atom. The van der Waals surface area contributed by atoms with Gasteiger partial charge in [-0.3, -0.25) is 9.59 Å². The Labute approximate surface area is 188 Å². The average molecular weight is 437 g/mol. The number of nitrogens with zero attached hydrogens (tertiary/aromatic N) is 5. The van der Waals surface area contributed by atoms with Crippen LogP contribution in [0.15, 0.2) is 28.9 Å². The van der Waals surface area contributed by atoms with Gasteiger partial charge < -0.3 is 10.2 Å². The SMILES string of the molecule is CC1=CC(C)=NC(=O)C1CNC(=O)c1cc(C2CCN(C)CC2)nc2c1cnn2C(C)C. The number of rotatable bonds is 5. The monoisotopic (exact) mass is 436 g/mol. The highest BCUT2D eigenvalue weighted by atomic mass is 16.2. The maximum absolute atomic E-state index is 13.3. The molecule has 8 nitrogen and oxygen atoms in total. The Balaban J connectivity index is 1.64. The van der Waals surface area contributed by atoms with E-state index in [-0.39, 0.29) is 24.4 Å². The lowest BCUT2D eigenvalue weighted by atomic mass is 9.92. The standard InChI is InChI=1S/C24H32N6O2/c1-14(2)30-22-20(13-26-30)18(11-21(28-22)17-6-8-29(5)9-7-17)23(31)25-12-19-15(3)10-16(4)27-24(19)32/h10-11,13-14,17,19H,6-9,12H2,1-5H3,(H,25,31). The number of aromatic nitrogens is 3. The third kappa shape index (κ3) is 4.37. The third-order valence-corrected chi connectivity index (χ3v) is 6.49. The zero-order valence-corrected chi connectivity index (χ0v) is 19.6. The van der Waals surface area contributed by atoms with Gasteiger partial charge in [-0.2, -0.15) is 5.10 Å². The van der Waals surface area contributed by atoms with E-state index in [0.717, 1.165) is 48.2 Å². The minimum atomic E-state index is -0.424. The number of dihydropyridines is 1. The van der Waals surface area contributed by atoms with E-state index >= 15 is 0 Å². The van der Waals surface area contributed by atoms with Gasteiger partial charge in [0.05, 0.1) is 23.1 Å². The van der Waals surface area contributed by atoms with Crippen molar-refractivity contribution in [1.29, 1.82) is 0 Å². The average Bonchev–Trinajstić information content (AvgIpc) is 3.17. The van der Waals surface area contributed by atoms with E-state index in [1.807, 2.05) is 23.7 Å². The van der Waals surface area contributed by atoms with Gasteiger partial charge in [-0.05, 0) is 72.8 Å². The number of carbonyl (C=O) groups is 2. The number of amides is 2. The minimum Gasteiger partial charge on any atom is -0.351 e. The summed E-state index contributed by atoms with van der Waals surface area (Å²) in [6.45, 7) is 10.1. The van der Waals surface area contributed by atoms with Crippen LogP contribution in [0, 0.1) is 5.92 Å². The van der Waals surface area contributed by atoms with Gasteiger partial charge in [0, 0.05) is 29.9 Å². The van der Waals surface area contributed by atoms with Gasteiger partial charge >= 0.3 is 0 Å². The van der Waals surface area contributed by atoms with Crippen LogP contribution in [0.25, 0.3) is 11.0 Å². The Bertz CT molecular complexity index is 1110. The van der Waals surface area contributed by atoms with E-state index in [0.29, 0.717) is 17.2 Å². The van der Waals surface area contributed by atoms with Gasteiger partial charge in [-0.25, -0.2) is 14.7 Å². The van der Waals surface area contributed by atoms with E-state index in [1.54, 1.807) is 13.1 Å². The molecule has 1 saturated heterocycles. The van der Waals surface area contributed by atoms with Gasteiger partial charge in [0.1, 0.15) is 0 Å². The third-order valence-electron chi connectivity index (χ3n) is 6.49. The molecule has 1 N–H and O–H groups in total. The van der Waals surface area contributed by atoms with Crippen molar-refractivity contribution in [3.8, 4) is 0 Å². The Morgan fingerprint density at radius 2 is 1.97 bits per heavy atom. The largest absolute Gasteiger partial charge is 0.351 e. The van der Waals surface area contributed by atoms with Crippen molar-refractivity contribution >= 4 is 28.6 Å². The number of pyridine rings is 1. The number of carbonyl (C=O) groups excluding carboxylic acids is 2. The summed E-state index contributed by atoms with van der Waals surface area (Å²) >= 11 is 0. The molecule has 1 unspecified atom stereocenters. The molecule has 1 atom stereocenters. The van der Waals surface area contributed by atoms with Crippen molar-refractivity contribution in [3.05, 3.63) is 35.2 Å². The van der Waals surface area contributed by atoms with Crippen molar-refractivity contribution in [2.75, 3.05) is 26.7 Å². The first kappa shape index (κ1) is 22.3. The van der Waals surface area contributed by atoms with Crippen LogP contribution in [-0.2, 0) is 4.79 Å². The second-order valence-electron chi connectivity index (χ2n) is 9.33. The van der Waals surface area contributed by atoms with E-state index in [1.165, 1.54) is 0 Å². The van der Waals surface area contributed by atoms with Crippen molar-refractivity contribution < 1.29 is 9.59 Å². The van der Waals surface area contributed by atoms with Gasteiger partial charge in [-0.15, -0.1) is 0 Å². The summed E-state index contributed by atoms with van der Waals surface area (Å²) in [5.41, 5.74) is 3.88. The topological polar surface area (TPSA) is 92.5 Å². The summed E-state index contributed by atoms with van der Waals surface area (Å²) in [4.78, 5) is 36.9. The first-order chi connectivity index (χ1) is 15.2. The maximum Gasteiger partial charge on any atom is 0.254 e. The molecule has 4 rings (SSSR count). The molecular weight excluding hydrogens is 404 g/mol. The molecule has 8 heteroatoms. The zero-order chi connectivity index (χ0) is 23.0. The summed E-state index contributed by atoms with van der Waals surface area (Å²) in [5.74, 6) is -0.518. The lowest BCUT2D eigenvalue weighted by Crippen LogP contribution is -2.35. The second-order valence-corrected chi connectivity index (χ2v) is 9.33. The van der Waals surface area contributed by atoms with E-state index in [2.05, 4.69) is 41.2 Å². The normalized spacial score (nSPS) is 20.6. The number of fused-ring (bicyclic) bond motifs is 1. The van der Waals surface area contributed by atoms with Crippen molar-refractivity contribution in [2.24, 2.45) is 10.9 Å². The molecule has 2 aromatic rings. The van der Waals surface area contributed by atoms with Crippen LogP contribution in [0.2, 0.25) is 0 Å². The van der Waals surface area contributed by atoms with Gasteiger partial charge in [0.15, 0.2) is 5.65 Å². The number of nitrogens with one attached hydrogen (secondary N) is 1. The van der Waals surface area contributed by atoms with Gasteiger partial charge in [-0.1, -0.05) is 5.57 Å². The molecule has 0 aromatic carbocycles. The molecule has 170 valence electrons. The summed E-state index contributed by atoms with van der Waals surface area (Å²) in [5, 5.41) is 8.21. The molecule has 0 saturated carbocycles. The fraction of sp³-hybridized carbons (Fsp3) is 0.542. The molecule has 0 bridgehead atoms. The Hall–Kier alpha value is -2.87. The van der Waals surface area contributed by atoms with Crippen LogP contribution >= 0.6 is 0 Å². The molecule has 2 aromatic heterocycles. The predicted molar refractivity (Wildman–Crippen MR) is 125 cm³/mol. The van der Waals surface area contributed by atoms with E-state index in [9.17, 15) is 9.59 Å². The summed E-state index contributed by atoms with van der Waals surface area (Å²) < 4.78 is 1.87. The van der Waals surface area contributed by atoms with Crippen LogP contribution < -0.4 is 5.32 Å². The first-order valence-corrected chi connectivity index (χ1v) is 11.4. The number of hydrogen-bond donors (Lipinski definition) is 1. The number of hydrogen-bond acceptors (Lipinski definition) is 5. The van der Waals surface area contributed by atoms with E-state index < -0.39 is 5.92 Å². The Kier molecular flexibility index (Phi) is 6.24.